The van der Waals surface area contributed by atoms with Gasteiger partial charge in [0.2, 0.25) is 0 Å². The monoisotopic (exact) mass is 330 g/mol. The van der Waals surface area contributed by atoms with E-state index in [4.69, 9.17) is 21.1 Å². The first-order valence-electron chi connectivity index (χ1n) is 7.55. The van der Waals surface area contributed by atoms with E-state index in [0.29, 0.717) is 29.5 Å². The normalized spacial score (nSPS) is 16.4. The van der Waals surface area contributed by atoms with Crippen molar-refractivity contribution < 1.29 is 14.6 Å². The molecule has 0 saturated carbocycles. The standard InChI is InChI=1S/C19H19ClO3/c1-11-4-5-17(12(2)8-11)23-19-10-18-15(9-16(19)20)14(13(3)21)6-7-22-18/h4-5,8-10,14,21H,3,6-7H2,1-2H3. The van der Waals surface area contributed by atoms with Gasteiger partial charge in [0.05, 0.1) is 17.4 Å². The number of rotatable bonds is 3. The van der Waals surface area contributed by atoms with Crippen molar-refractivity contribution in [1.82, 2.24) is 0 Å². The van der Waals surface area contributed by atoms with E-state index in [1.807, 2.05) is 26.0 Å². The van der Waals surface area contributed by atoms with E-state index in [-0.39, 0.29) is 11.7 Å². The first-order chi connectivity index (χ1) is 11.0. The van der Waals surface area contributed by atoms with Gasteiger partial charge in [0, 0.05) is 17.5 Å². The van der Waals surface area contributed by atoms with Crippen LogP contribution in [-0.4, -0.2) is 11.7 Å². The summed E-state index contributed by atoms with van der Waals surface area (Å²) in [5, 5.41) is 10.2. The Hall–Kier alpha value is -2.13. The zero-order valence-electron chi connectivity index (χ0n) is 13.2. The highest BCUT2D eigenvalue weighted by atomic mass is 35.5. The van der Waals surface area contributed by atoms with Crippen LogP contribution in [0.5, 0.6) is 17.2 Å². The topological polar surface area (TPSA) is 38.7 Å². The molecular weight excluding hydrogens is 312 g/mol. The predicted molar refractivity (Wildman–Crippen MR) is 92.1 cm³/mol. The Balaban J connectivity index is 1.97. The number of hydrogen-bond acceptors (Lipinski definition) is 3. The minimum atomic E-state index is -0.147. The van der Waals surface area contributed by atoms with Gasteiger partial charge in [0.15, 0.2) is 0 Å². The van der Waals surface area contributed by atoms with Gasteiger partial charge in [-0.05, 0) is 38.0 Å². The van der Waals surface area contributed by atoms with Gasteiger partial charge >= 0.3 is 0 Å². The fourth-order valence-corrected chi connectivity index (χ4v) is 3.06. The molecule has 2 aromatic carbocycles. The molecule has 1 N–H and O–H groups in total. The zero-order valence-corrected chi connectivity index (χ0v) is 14.0. The maximum absolute atomic E-state index is 9.76. The summed E-state index contributed by atoms with van der Waals surface area (Å²) in [7, 11) is 0. The van der Waals surface area contributed by atoms with Crippen LogP contribution in [0.2, 0.25) is 5.02 Å². The summed E-state index contributed by atoms with van der Waals surface area (Å²) < 4.78 is 11.7. The highest BCUT2D eigenvalue weighted by molar-refractivity contribution is 6.32. The van der Waals surface area contributed by atoms with Crippen LogP contribution in [-0.2, 0) is 0 Å². The summed E-state index contributed by atoms with van der Waals surface area (Å²) in [4.78, 5) is 0. The van der Waals surface area contributed by atoms with Crippen molar-refractivity contribution >= 4 is 11.6 Å². The first-order valence-corrected chi connectivity index (χ1v) is 7.92. The molecule has 3 rings (SSSR count). The van der Waals surface area contributed by atoms with E-state index in [2.05, 4.69) is 12.6 Å². The Morgan fingerprint density at radius 2 is 2.04 bits per heavy atom. The molecule has 0 amide bonds. The third kappa shape index (κ3) is 3.15. The van der Waals surface area contributed by atoms with E-state index >= 15 is 0 Å². The molecule has 0 fully saturated rings. The Morgan fingerprint density at radius 3 is 2.74 bits per heavy atom. The average Bonchev–Trinajstić information content (AvgIpc) is 2.50. The molecule has 0 saturated heterocycles. The molecule has 4 heteroatoms. The van der Waals surface area contributed by atoms with E-state index in [0.717, 1.165) is 16.9 Å². The van der Waals surface area contributed by atoms with E-state index in [1.54, 1.807) is 12.1 Å². The molecule has 1 atom stereocenters. The molecule has 2 aromatic rings. The van der Waals surface area contributed by atoms with Gasteiger partial charge in [-0.3, -0.25) is 0 Å². The molecule has 120 valence electrons. The number of ether oxygens (including phenoxy) is 2. The maximum Gasteiger partial charge on any atom is 0.149 e. The Morgan fingerprint density at radius 1 is 1.26 bits per heavy atom. The maximum atomic E-state index is 9.76. The number of halogens is 1. The molecule has 1 unspecified atom stereocenters. The number of hydrogen-bond donors (Lipinski definition) is 1. The molecule has 0 bridgehead atoms. The van der Waals surface area contributed by atoms with Gasteiger partial charge in [0.25, 0.3) is 0 Å². The zero-order chi connectivity index (χ0) is 16.6. The van der Waals surface area contributed by atoms with Gasteiger partial charge < -0.3 is 14.6 Å². The molecule has 0 radical (unpaired) electrons. The summed E-state index contributed by atoms with van der Waals surface area (Å²) >= 11 is 6.37. The van der Waals surface area contributed by atoms with Crippen molar-refractivity contribution in [1.29, 1.82) is 0 Å². The van der Waals surface area contributed by atoms with Gasteiger partial charge in [-0.2, -0.15) is 0 Å². The fourth-order valence-electron chi connectivity index (χ4n) is 2.85. The Bertz CT molecular complexity index is 767. The predicted octanol–water partition coefficient (Wildman–Crippen LogP) is 5.69. The lowest BCUT2D eigenvalue weighted by molar-refractivity contribution is 0.250. The van der Waals surface area contributed by atoms with Crippen LogP contribution < -0.4 is 9.47 Å². The Labute approximate surface area is 141 Å². The van der Waals surface area contributed by atoms with Crippen LogP contribution in [0, 0.1) is 13.8 Å². The smallest absolute Gasteiger partial charge is 0.149 e. The highest BCUT2D eigenvalue weighted by Gasteiger charge is 2.26. The van der Waals surface area contributed by atoms with Crippen LogP contribution >= 0.6 is 11.6 Å². The van der Waals surface area contributed by atoms with E-state index in [9.17, 15) is 5.11 Å². The minimum absolute atomic E-state index is 0.133. The lowest BCUT2D eigenvalue weighted by Crippen LogP contribution is -2.15. The average molecular weight is 331 g/mol. The summed E-state index contributed by atoms with van der Waals surface area (Å²) in [6.45, 7) is 8.21. The van der Waals surface area contributed by atoms with Crippen LogP contribution in [0.3, 0.4) is 0 Å². The summed E-state index contributed by atoms with van der Waals surface area (Å²) in [6.07, 6.45) is 0.690. The Kier molecular flexibility index (Phi) is 4.22. The van der Waals surface area contributed by atoms with Gasteiger partial charge in [-0.25, -0.2) is 0 Å². The SMILES string of the molecule is C=C(O)C1CCOc2cc(Oc3ccc(C)cc3C)c(Cl)cc21. The van der Waals surface area contributed by atoms with Crippen LogP contribution in [0.1, 0.15) is 29.0 Å². The third-order valence-corrected chi connectivity index (χ3v) is 4.35. The molecule has 3 nitrogen and oxygen atoms in total. The second-order valence-electron chi connectivity index (χ2n) is 5.87. The van der Waals surface area contributed by atoms with E-state index < -0.39 is 0 Å². The van der Waals surface area contributed by atoms with Crippen molar-refractivity contribution in [3.8, 4) is 17.2 Å². The third-order valence-electron chi connectivity index (χ3n) is 4.06. The molecule has 1 heterocycles. The summed E-state index contributed by atoms with van der Waals surface area (Å²) in [6, 6.07) is 9.56. The number of aryl methyl sites for hydroxylation is 2. The number of aliphatic hydroxyl groups is 1. The number of fused-ring (bicyclic) bond motifs is 1. The molecule has 0 spiro atoms. The summed E-state index contributed by atoms with van der Waals surface area (Å²) in [5.74, 6) is 1.97. The number of benzene rings is 2. The van der Waals surface area contributed by atoms with Gasteiger partial charge in [-0.15, -0.1) is 0 Å². The molecule has 0 aromatic heterocycles. The van der Waals surface area contributed by atoms with Crippen molar-refractivity contribution in [2.24, 2.45) is 0 Å². The molecular formula is C19H19ClO3. The summed E-state index contributed by atoms with van der Waals surface area (Å²) in [5.41, 5.74) is 3.07. The number of aliphatic hydroxyl groups excluding tert-OH is 1. The van der Waals surface area contributed by atoms with Gasteiger partial charge in [0.1, 0.15) is 17.2 Å². The first kappa shape index (κ1) is 15.8. The largest absolute Gasteiger partial charge is 0.512 e. The van der Waals surface area contributed by atoms with Crippen molar-refractivity contribution in [3.63, 3.8) is 0 Å². The molecule has 1 aliphatic rings. The molecule has 23 heavy (non-hydrogen) atoms. The van der Waals surface area contributed by atoms with Crippen molar-refractivity contribution in [2.45, 2.75) is 26.2 Å². The lowest BCUT2D eigenvalue weighted by atomic mass is 9.92. The number of allylic oxidation sites excluding steroid dienone is 1. The highest BCUT2D eigenvalue weighted by Crippen LogP contribution is 2.43. The quantitative estimate of drug-likeness (QED) is 0.735. The molecule has 1 aliphatic heterocycles. The second-order valence-corrected chi connectivity index (χ2v) is 6.28. The van der Waals surface area contributed by atoms with Crippen LogP contribution in [0.4, 0.5) is 0 Å². The van der Waals surface area contributed by atoms with Crippen molar-refractivity contribution in [3.05, 3.63) is 64.4 Å². The van der Waals surface area contributed by atoms with Crippen LogP contribution in [0.25, 0.3) is 0 Å². The minimum Gasteiger partial charge on any atom is -0.512 e. The van der Waals surface area contributed by atoms with Gasteiger partial charge in [-0.1, -0.05) is 35.9 Å². The lowest BCUT2D eigenvalue weighted by Gasteiger charge is -2.26. The van der Waals surface area contributed by atoms with E-state index in [1.165, 1.54) is 5.56 Å². The molecule has 0 aliphatic carbocycles. The fraction of sp³-hybridized carbons (Fsp3) is 0.263. The van der Waals surface area contributed by atoms with Crippen molar-refractivity contribution in [2.75, 3.05) is 6.61 Å². The second kappa shape index (κ2) is 6.17. The van der Waals surface area contributed by atoms with Crippen LogP contribution in [0.15, 0.2) is 42.7 Å².